The van der Waals surface area contributed by atoms with Crippen molar-refractivity contribution in [2.24, 2.45) is 5.92 Å². The Morgan fingerprint density at radius 3 is 2.90 bits per heavy atom. The van der Waals surface area contributed by atoms with Gasteiger partial charge in [0.15, 0.2) is 0 Å². The number of thioether (sulfide) groups is 1. The molecule has 4 nitrogen and oxygen atoms in total. The predicted octanol–water partition coefficient (Wildman–Crippen LogP) is 3.43. The van der Waals surface area contributed by atoms with Crippen molar-refractivity contribution in [3.63, 3.8) is 0 Å². The average Bonchev–Trinajstić information content (AvgIpc) is 2.63. The largest absolute Gasteiger partial charge is 0.396 e. The van der Waals surface area contributed by atoms with Crippen molar-refractivity contribution in [1.82, 2.24) is 5.32 Å². The summed E-state index contributed by atoms with van der Waals surface area (Å²) >= 11 is 3.19. The van der Waals surface area contributed by atoms with Crippen LogP contribution >= 0.6 is 23.1 Å². The van der Waals surface area contributed by atoms with Crippen LogP contribution in [0.1, 0.15) is 42.8 Å². The van der Waals surface area contributed by atoms with Gasteiger partial charge in [0.1, 0.15) is 9.88 Å². The summed E-state index contributed by atoms with van der Waals surface area (Å²) < 4.78 is 0. The lowest BCUT2D eigenvalue weighted by Crippen LogP contribution is -2.23. The summed E-state index contributed by atoms with van der Waals surface area (Å²) in [5.41, 5.74) is 6.87. The van der Waals surface area contributed by atoms with Crippen molar-refractivity contribution in [3.8, 4) is 0 Å². The average molecular weight is 328 g/mol. The fraction of sp³-hybridized carbons (Fsp3) is 0.667. The van der Waals surface area contributed by atoms with Gasteiger partial charge in [-0.3, -0.25) is 4.79 Å². The first kappa shape index (κ1) is 16.5. The van der Waals surface area contributed by atoms with Crippen molar-refractivity contribution in [3.05, 3.63) is 4.88 Å². The van der Waals surface area contributed by atoms with Gasteiger partial charge in [-0.15, -0.1) is 23.1 Å². The third-order valence-corrected chi connectivity index (χ3v) is 6.15. The summed E-state index contributed by atoms with van der Waals surface area (Å²) in [7, 11) is 0. The molecule has 1 aliphatic rings. The normalized spacial score (nSPS) is 19.4. The smallest absolute Gasteiger partial charge is 0.263 e. The van der Waals surface area contributed by atoms with Crippen molar-refractivity contribution in [2.45, 2.75) is 38.0 Å². The van der Waals surface area contributed by atoms with E-state index in [1.165, 1.54) is 24.3 Å². The Hall–Kier alpha value is -0.880. The molecular weight excluding hydrogens is 302 g/mol. The summed E-state index contributed by atoms with van der Waals surface area (Å²) in [6.45, 7) is 6.99. The van der Waals surface area contributed by atoms with Crippen LogP contribution in [0.4, 0.5) is 10.7 Å². The number of hydrogen-bond donors (Lipinski definition) is 2. The topological polar surface area (TPSA) is 58.4 Å². The van der Waals surface area contributed by atoms with E-state index in [4.69, 9.17) is 5.73 Å². The fourth-order valence-corrected chi connectivity index (χ4v) is 4.85. The number of rotatable bonds is 4. The monoisotopic (exact) mass is 327 g/mol. The minimum absolute atomic E-state index is 0.0512. The molecule has 0 radical (unpaired) electrons. The minimum atomic E-state index is -0.0512. The lowest BCUT2D eigenvalue weighted by atomic mass is 10.0. The highest BCUT2D eigenvalue weighted by molar-refractivity contribution is 7.99. The third-order valence-electron chi connectivity index (χ3n) is 3.93. The van der Waals surface area contributed by atoms with E-state index in [-0.39, 0.29) is 5.91 Å². The number of hydrogen-bond acceptors (Lipinski definition) is 5. The summed E-state index contributed by atoms with van der Waals surface area (Å²) in [6, 6.07) is 0. The van der Waals surface area contributed by atoms with Crippen LogP contribution in [-0.4, -0.2) is 31.8 Å². The number of nitrogens with zero attached hydrogens (tertiary/aromatic N) is 1. The number of nitrogens with one attached hydrogen (secondary N) is 1. The van der Waals surface area contributed by atoms with Gasteiger partial charge < -0.3 is 16.0 Å². The Morgan fingerprint density at radius 2 is 2.24 bits per heavy atom. The van der Waals surface area contributed by atoms with Gasteiger partial charge in [0, 0.05) is 19.6 Å². The van der Waals surface area contributed by atoms with E-state index in [2.05, 4.69) is 17.1 Å². The van der Waals surface area contributed by atoms with Gasteiger partial charge in [0.2, 0.25) is 0 Å². The molecule has 0 bridgehead atoms. The number of thiophene rings is 1. The maximum atomic E-state index is 12.1. The van der Waals surface area contributed by atoms with E-state index in [1.54, 1.807) is 23.1 Å². The quantitative estimate of drug-likeness (QED) is 0.832. The maximum Gasteiger partial charge on any atom is 0.263 e. The van der Waals surface area contributed by atoms with Crippen LogP contribution in [0.25, 0.3) is 0 Å². The Kier molecular flexibility index (Phi) is 5.81. The van der Waals surface area contributed by atoms with Gasteiger partial charge in [-0.05, 0) is 38.4 Å². The van der Waals surface area contributed by atoms with E-state index in [9.17, 15) is 4.79 Å². The highest BCUT2D eigenvalue weighted by atomic mass is 32.2. The van der Waals surface area contributed by atoms with Crippen LogP contribution in [-0.2, 0) is 0 Å². The summed E-state index contributed by atoms with van der Waals surface area (Å²) in [5, 5.41) is 4.03. The maximum absolute atomic E-state index is 12.1. The van der Waals surface area contributed by atoms with Gasteiger partial charge in [0.25, 0.3) is 5.91 Å². The fourth-order valence-electron chi connectivity index (χ4n) is 2.70. The highest BCUT2D eigenvalue weighted by Crippen LogP contribution is 2.44. The Balaban J connectivity index is 2.30. The van der Waals surface area contributed by atoms with Crippen molar-refractivity contribution >= 4 is 39.7 Å². The number of nitrogen functional groups attached to an aromatic ring is 1. The van der Waals surface area contributed by atoms with E-state index >= 15 is 0 Å². The van der Waals surface area contributed by atoms with E-state index in [0.717, 1.165) is 23.9 Å². The number of nitrogens with two attached hydrogens (primary N) is 1. The molecule has 3 N–H and O–H groups in total. The molecule has 1 aliphatic heterocycles. The lowest BCUT2D eigenvalue weighted by molar-refractivity contribution is 0.0960. The Labute approximate surface area is 135 Å². The molecule has 118 valence electrons. The van der Waals surface area contributed by atoms with Crippen molar-refractivity contribution in [2.75, 3.05) is 36.5 Å². The van der Waals surface area contributed by atoms with Crippen LogP contribution in [0.2, 0.25) is 0 Å². The van der Waals surface area contributed by atoms with Crippen molar-refractivity contribution < 1.29 is 4.79 Å². The third kappa shape index (κ3) is 3.66. The molecule has 0 spiro atoms. The first-order valence-corrected chi connectivity index (χ1v) is 9.62. The number of carbonyl (C=O) groups excluding carboxylic acids is 1. The van der Waals surface area contributed by atoms with Crippen LogP contribution in [0.3, 0.4) is 0 Å². The molecule has 0 aliphatic carbocycles. The SMILES string of the molecule is CCNC(=O)c1sc(N2CCCC(C)CC2)c(SC)c1N. The Bertz CT molecular complexity index is 501. The molecule has 2 heterocycles. The predicted molar refractivity (Wildman–Crippen MR) is 93.7 cm³/mol. The second kappa shape index (κ2) is 7.40. The zero-order chi connectivity index (χ0) is 15.4. The van der Waals surface area contributed by atoms with Crippen molar-refractivity contribution in [1.29, 1.82) is 0 Å². The van der Waals surface area contributed by atoms with E-state index in [0.29, 0.717) is 17.1 Å². The molecule has 2 rings (SSSR count). The lowest BCUT2D eigenvalue weighted by Gasteiger charge is -2.22. The van der Waals surface area contributed by atoms with E-state index in [1.807, 2.05) is 13.2 Å². The summed E-state index contributed by atoms with van der Waals surface area (Å²) in [4.78, 5) is 16.3. The van der Waals surface area contributed by atoms with Crippen LogP contribution in [0.15, 0.2) is 4.90 Å². The number of carbonyl (C=O) groups is 1. The molecule has 0 aromatic carbocycles. The molecule has 1 saturated heterocycles. The van der Waals surface area contributed by atoms with Gasteiger partial charge >= 0.3 is 0 Å². The summed E-state index contributed by atoms with van der Waals surface area (Å²) in [5.74, 6) is 0.734. The molecule has 1 unspecified atom stereocenters. The van der Waals surface area contributed by atoms with Crippen LogP contribution in [0, 0.1) is 5.92 Å². The molecule has 1 aromatic rings. The zero-order valence-corrected chi connectivity index (χ0v) is 14.7. The number of amides is 1. The molecule has 1 amide bonds. The molecule has 1 aromatic heterocycles. The second-order valence-corrected chi connectivity index (χ2v) is 7.38. The van der Waals surface area contributed by atoms with Gasteiger partial charge in [-0.1, -0.05) is 6.92 Å². The molecule has 21 heavy (non-hydrogen) atoms. The van der Waals surface area contributed by atoms with Gasteiger partial charge in [0.05, 0.1) is 10.6 Å². The van der Waals surface area contributed by atoms with Gasteiger partial charge in [-0.25, -0.2) is 0 Å². The molecular formula is C15H25N3OS2. The molecule has 0 saturated carbocycles. The number of anilines is 2. The summed E-state index contributed by atoms with van der Waals surface area (Å²) in [6.07, 6.45) is 5.74. The zero-order valence-electron chi connectivity index (χ0n) is 13.1. The van der Waals surface area contributed by atoms with E-state index < -0.39 is 0 Å². The molecule has 1 atom stereocenters. The molecule has 1 fully saturated rings. The second-order valence-electron chi connectivity index (χ2n) is 5.57. The van der Waals surface area contributed by atoms with Gasteiger partial charge in [-0.2, -0.15) is 0 Å². The first-order valence-electron chi connectivity index (χ1n) is 7.57. The minimum Gasteiger partial charge on any atom is -0.396 e. The van der Waals surface area contributed by atoms with Crippen LogP contribution < -0.4 is 16.0 Å². The Morgan fingerprint density at radius 1 is 1.48 bits per heavy atom. The first-order chi connectivity index (χ1) is 10.1. The standard InChI is InChI=1S/C15H25N3OS2/c1-4-17-14(19)12-11(16)13(20-3)15(21-12)18-8-5-6-10(2)7-9-18/h10H,4-9,16H2,1-3H3,(H,17,19). The molecule has 6 heteroatoms. The van der Waals surface area contributed by atoms with Crippen LogP contribution in [0.5, 0.6) is 0 Å². The highest BCUT2D eigenvalue weighted by Gasteiger charge is 2.25.